The monoisotopic (exact) mass is 451 g/mol. The van der Waals surface area contributed by atoms with Crippen molar-refractivity contribution in [3.63, 3.8) is 0 Å². The lowest BCUT2D eigenvalue weighted by molar-refractivity contribution is 0.0783. The van der Waals surface area contributed by atoms with E-state index in [2.05, 4.69) is 11.9 Å². The number of rotatable bonds is 5. The van der Waals surface area contributed by atoms with E-state index in [1.807, 2.05) is 6.07 Å². The molecule has 0 spiro atoms. The van der Waals surface area contributed by atoms with Crippen molar-refractivity contribution in [2.24, 2.45) is 0 Å². The summed E-state index contributed by atoms with van der Waals surface area (Å²) in [6.45, 7) is 4.53. The van der Waals surface area contributed by atoms with Crippen LogP contribution in [-0.2, 0) is 0 Å². The number of halogens is 1. The molecule has 1 fully saturated rings. The maximum Gasteiger partial charge on any atom is 0.263 e. The molecule has 3 aromatic rings. The normalized spacial score (nSPS) is 15.5. The van der Waals surface area contributed by atoms with Gasteiger partial charge in [-0.3, -0.25) is 4.79 Å². The summed E-state index contributed by atoms with van der Waals surface area (Å²) in [4.78, 5) is 18.9. The van der Waals surface area contributed by atoms with E-state index in [0.29, 0.717) is 36.6 Å². The largest absolute Gasteiger partial charge is 0.506 e. The van der Waals surface area contributed by atoms with E-state index in [1.54, 1.807) is 24.3 Å². The number of methoxy groups -OCH3 is 2. The van der Waals surface area contributed by atoms with Gasteiger partial charge in [0.25, 0.3) is 5.91 Å². The van der Waals surface area contributed by atoms with Gasteiger partial charge in [-0.15, -0.1) is 0 Å². The second-order valence-electron chi connectivity index (χ2n) is 7.81. The summed E-state index contributed by atoms with van der Waals surface area (Å²) in [7, 11) is 2.93. The van der Waals surface area contributed by atoms with Gasteiger partial charge in [0.2, 0.25) is 5.88 Å². The van der Waals surface area contributed by atoms with Gasteiger partial charge in [-0.2, -0.15) is 0 Å². The Bertz CT molecular complexity index is 1190. The molecule has 2 heterocycles. The Morgan fingerprint density at radius 3 is 2.42 bits per heavy atom. The number of benzene rings is 2. The predicted octanol–water partition coefficient (Wildman–Crippen LogP) is 4.13. The van der Waals surface area contributed by atoms with E-state index in [1.165, 1.54) is 31.3 Å². The molecular formula is C25H24FN2O5. The minimum Gasteiger partial charge on any atom is -0.506 e. The lowest BCUT2D eigenvalue weighted by Gasteiger charge is -2.21. The van der Waals surface area contributed by atoms with Gasteiger partial charge in [-0.25, -0.2) is 9.37 Å². The number of aromatic hydroxyl groups is 2. The molecule has 1 atom stereocenters. The molecule has 0 aliphatic carbocycles. The van der Waals surface area contributed by atoms with Gasteiger partial charge in [0.15, 0.2) is 0 Å². The molecule has 171 valence electrons. The van der Waals surface area contributed by atoms with Gasteiger partial charge in [-0.05, 0) is 43.2 Å². The quantitative estimate of drug-likeness (QED) is 0.606. The summed E-state index contributed by atoms with van der Waals surface area (Å²) in [5, 5.41) is 21.6. The average molecular weight is 451 g/mol. The molecule has 7 nitrogen and oxygen atoms in total. The van der Waals surface area contributed by atoms with Crippen molar-refractivity contribution < 1.29 is 28.9 Å². The number of hydrogen-bond acceptors (Lipinski definition) is 6. The third-order valence-electron chi connectivity index (χ3n) is 5.91. The van der Waals surface area contributed by atoms with Crippen molar-refractivity contribution in [2.75, 3.05) is 27.3 Å². The third kappa shape index (κ3) is 4.04. The van der Waals surface area contributed by atoms with Gasteiger partial charge < -0.3 is 24.6 Å². The Hall–Kier alpha value is -3.81. The SMILES string of the molecule is [CH2]c1nc(O)c(C(=O)N2CCC(c3cccc(F)c3)C2)c(O)c1-c1c(OC)cccc1OC. The number of likely N-dealkylation sites (tertiary alicyclic amines) is 1. The van der Waals surface area contributed by atoms with Crippen LogP contribution in [0.25, 0.3) is 11.1 Å². The van der Waals surface area contributed by atoms with Crippen molar-refractivity contribution >= 4 is 5.91 Å². The fourth-order valence-corrected chi connectivity index (χ4v) is 4.30. The van der Waals surface area contributed by atoms with Crippen molar-refractivity contribution in [1.29, 1.82) is 0 Å². The van der Waals surface area contributed by atoms with Crippen LogP contribution in [0.4, 0.5) is 4.39 Å². The summed E-state index contributed by atoms with van der Waals surface area (Å²) >= 11 is 0. The second kappa shape index (κ2) is 8.97. The smallest absolute Gasteiger partial charge is 0.263 e. The summed E-state index contributed by atoms with van der Waals surface area (Å²) in [6, 6.07) is 11.4. The minimum atomic E-state index is -0.616. The first-order valence-corrected chi connectivity index (χ1v) is 10.4. The Morgan fingerprint density at radius 1 is 1.12 bits per heavy atom. The summed E-state index contributed by atoms with van der Waals surface area (Å²) < 4.78 is 24.5. The molecule has 1 aliphatic rings. The molecule has 8 heteroatoms. The molecule has 1 saturated heterocycles. The maximum atomic E-state index is 13.6. The van der Waals surface area contributed by atoms with Gasteiger partial charge >= 0.3 is 0 Å². The van der Waals surface area contributed by atoms with Gasteiger partial charge in [-0.1, -0.05) is 18.2 Å². The molecule has 4 rings (SSSR count). The zero-order chi connectivity index (χ0) is 23.7. The number of hydrogen-bond donors (Lipinski definition) is 2. The van der Waals surface area contributed by atoms with E-state index in [0.717, 1.165) is 5.56 Å². The van der Waals surface area contributed by atoms with E-state index in [-0.39, 0.29) is 28.6 Å². The van der Waals surface area contributed by atoms with Gasteiger partial charge in [0, 0.05) is 19.0 Å². The highest BCUT2D eigenvalue weighted by atomic mass is 19.1. The van der Waals surface area contributed by atoms with E-state index in [4.69, 9.17) is 9.47 Å². The van der Waals surface area contributed by atoms with Crippen molar-refractivity contribution in [3.8, 4) is 34.3 Å². The predicted molar refractivity (Wildman–Crippen MR) is 120 cm³/mol. The second-order valence-corrected chi connectivity index (χ2v) is 7.81. The maximum absolute atomic E-state index is 13.6. The fourth-order valence-electron chi connectivity index (χ4n) is 4.30. The first-order valence-electron chi connectivity index (χ1n) is 10.4. The molecule has 2 N–H and O–H groups in total. The highest BCUT2D eigenvalue weighted by molar-refractivity contribution is 6.02. The van der Waals surface area contributed by atoms with Crippen LogP contribution in [0, 0.1) is 12.7 Å². The molecule has 1 amide bonds. The zero-order valence-electron chi connectivity index (χ0n) is 18.3. The first kappa shape index (κ1) is 22.4. The highest BCUT2D eigenvalue weighted by Gasteiger charge is 2.34. The summed E-state index contributed by atoms with van der Waals surface area (Å²) in [5.41, 5.74) is 1.02. The van der Waals surface area contributed by atoms with Crippen LogP contribution in [0.3, 0.4) is 0 Å². The molecule has 2 aromatic carbocycles. The average Bonchev–Trinajstić information content (AvgIpc) is 3.29. The van der Waals surface area contributed by atoms with Crippen molar-refractivity contribution in [1.82, 2.24) is 9.88 Å². The third-order valence-corrected chi connectivity index (χ3v) is 5.91. The minimum absolute atomic E-state index is 0.0530. The topological polar surface area (TPSA) is 92.1 Å². The van der Waals surface area contributed by atoms with Crippen LogP contribution in [0.15, 0.2) is 42.5 Å². The standard InChI is InChI=1S/C25H24FN2O5/c1-14-20(21-18(32-2)8-5-9-19(21)33-3)23(29)22(24(30)27-14)25(31)28-11-10-16(13-28)15-6-4-7-17(26)12-15/h4-9,12,16H,1,10-11,13H2,2-3H3,(H2,27,29,30). The van der Waals surface area contributed by atoms with Crippen LogP contribution >= 0.6 is 0 Å². The van der Waals surface area contributed by atoms with E-state index < -0.39 is 17.5 Å². The number of nitrogens with zero attached hydrogens (tertiary/aromatic N) is 2. The Morgan fingerprint density at radius 2 is 1.79 bits per heavy atom. The number of ether oxygens (including phenoxy) is 2. The van der Waals surface area contributed by atoms with Gasteiger partial charge in [0.1, 0.15) is 28.6 Å². The number of carbonyl (C=O) groups is 1. The van der Waals surface area contributed by atoms with Crippen LogP contribution in [0.5, 0.6) is 23.1 Å². The van der Waals surface area contributed by atoms with Crippen LogP contribution < -0.4 is 9.47 Å². The van der Waals surface area contributed by atoms with Crippen LogP contribution in [0.1, 0.15) is 34.0 Å². The molecule has 1 radical (unpaired) electrons. The molecule has 0 saturated carbocycles. The molecule has 1 aromatic heterocycles. The molecule has 1 unspecified atom stereocenters. The fraction of sp³-hybridized carbons (Fsp3) is 0.240. The molecular weight excluding hydrogens is 427 g/mol. The lowest BCUT2D eigenvalue weighted by atomic mass is 9.97. The Labute approximate surface area is 191 Å². The van der Waals surface area contributed by atoms with Crippen molar-refractivity contribution in [2.45, 2.75) is 12.3 Å². The molecule has 0 bridgehead atoms. The zero-order valence-corrected chi connectivity index (χ0v) is 18.3. The molecule has 33 heavy (non-hydrogen) atoms. The number of pyridine rings is 1. The summed E-state index contributed by atoms with van der Waals surface area (Å²) in [5.74, 6) is -1.28. The van der Waals surface area contributed by atoms with Crippen LogP contribution in [-0.4, -0.2) is 53.3 Å². The Kier molecular flexibility index (Phi) is 6.09. The number of amides is 1. The van der Waals surface area contributed by atoms with Crippen molar-refractivity contribution in [3.05, 3.63) is 72.0 Å². The summed E-state index contributed by atoms with van der Waals surface area (Å²) in [6.07, 6.45) is 0.630. The number of aromatic nitrogens is 1. The number of carbonyl (C=O) groups excluding carboxylic acids is 1. The van der Waals surface area contributed by atoms with Gasteiger partial charge in [0.05, 0.1) is 31.0 Å². The lowest BCUT2D eigenvalue weighted by Crippen LogP contribution is -2.29. The van der Waals surface area contributed by atoms with Crippen LogP contribution in [0.2, 0.25) is 0 Å². The van der Waals surface area contributed by atoms with E-state index >= 15 is 0 Å². The first-order chi connectivity index (χ1) is 15.8. The Balaban J connectivity index is 1.74. The highest BCUT2D eigenvalue weighted by Crippen LogP contribution is 2.47. The van der Waals surface area contributed by atoms with E-state index in [9.17, 15) is 19.4 Å². The molecule has 1 aliphatic heterocycles.